The fraction of sp³-hybridized carbons (Fsp3) is 0.538. The summed E-state index contributed by atoms with van der Waals surface area (Å²) in [5, 5.41) is 0. The maximum Gasteiger partial charge on any atom is 0.0316 e. The van der Waals surface area contributed by atoms with Crippen LogP contribution in [0, 0.1) is 6.92 Å². The number of anilines is 1. The minimum atomic E-state index is 0.838. The van der Waals surface area contributed by atoms with Crippen LogP contribution in [0.2, 0.25) is 0 Å². The summed E-state index contributed by atoms with van der Waals surface area (Å²) in [7, 11) is 0. The van der Waals surface area contributed by atoms with Crippen LogP contribution in [0.25, 0.3) is 0 Å². The van der Waals surface area contributed by atoms with Gasteiger partial charge in [0, 0.05) is 5.69 Å². The van der Waals surface area contributed by atoms with E-state index in [1.165, 1.54) is 18.4 Å². The molecule has 0 spiro atoms. The molecular formula is C13H25N. The standard InChI is InChI=1S/C7H9N.C4H10.C2H6/c1-6-3-2-4-7(8)5-6;1-3-4-2;1-2/h2-5H,8H2,1H3;3-4H2,1-2H3;1-2H3. The fourth-order valence-electron chi connectivity index (χ4n) is 0.670. The summed E-state index contributed by atoms with van der Waals surface area (Å²) >= 11 is 0. The Morgan fingerprint density at radius 3 is 1.79 bits per heavy atom. The van der Waals surface area contributed by atoms with Gasteiger partial charge in [-0.2, -0.15) is 0 Å². The van der Waals surface area contributed by atoms with Gasteiger partial charge < -0.3 is 5.73 Å². The summed E-state index contributed by atoms with van der Waals surface area (Å²) in [4.78, 5) is 0. The van der Waals surface area contributed by atoms with E-state index >= 15 is 0 Å². The van der Waals surface area contributed by atoms with Crippen LogP contribution in [0.4, 0.5) is 5.69 Å². The van der Waals surface area contributed by atoms with E-state index in [1.54, 1.807) is 0 Å². The van der Waals surface area contributed by atoms with E-state index in [9.17, 15) is 0 Å². The van der Waals surface area contributed by atoms with Crippen LogP contribution in [0.3, 0.4) is 0 Å². The molecule has 0 aliphatic heterocycles. The summed E-state index contributed by atoms with van der Waals surface area (Å²) in [6.07, 6.45) is 2.64. The summed E-state index contributed by atoms with van der Waals surface area (Å²) in [6.45, 7) is 10.4. The molecule has 1 nitrogen and oxygen atoms in total. The summed E-state index contributed by atoms with van der Waals surface area (Å²) in [5.41, 5.74) is 7.51. The molecular weight excluding hydrogens is 170 g/mol. The molecule has 1 aromatic carbocycles. The molecule has 1 rings (SSSR count). The van der Waals surface area contributed by atoms with E-state index in [1.807, 2.05) is 45.0 Å². The maximum atomic E-state index is 5.46. The molecule has 0 saturated carbocycles. The lowest BCUT2D eigenvalue weighted by Crippen LogP contribution is -1.82. The van der Waals surface area contributed by atoms with E-state index < -0.39 is 0 Å². The molecule has 0 heterocycles. The van der Waals surface area contributed by atoms with Gasteiger partial charge in [-0.05, 0) is 24.6 Å². The van der Waals surface area contributed by atoms with Gasteiger partial charge in [0.2, 0.25) is 0 Å². The van der Waals surface area contributed by atoms with E-state index in [4.69, 9.17) is 5.73 Å². The SMILES string of the molecule is CC.CCCC.Cc1cccc(N)c1. The zero-order valence-electron chi connectivity index (χ0n) is 10.3. The number of hydrogen-bond donors (Lipinski definition) is 1. The van der Waals surface area contributed by atoms with E-state index in [0.29, 0.717) is 0 Å². The first-order valence-electron chi connectivity index (χ1n) is 5.52. The van der Waals surface area contributed by atoms with Crippen molar-refractivity contribution in [2.24, 2.45) is 0 Å². The summed E-state index contributed by atoms with van der Waals surface area (Å²) in [5.74, 6) is 0. The van der Waals surface area contributed by atoms with Crippen LogP contribution in [0.15, 0.2) is 24.3 Å². The van der Waals surface area contributed by atoms with Crippen molar-refractivity contribution in [2.75, 3.05) is 5.73 Å². The second kappa shape index (κ2) is 12.0. The van der Waals surface area contributed by atoms with Gasteiger partial charge in [0.25, 0.3) is 0 Å². The van der Waals surface area contributed by atoms with Gasteiger partial charge in [0.05, 0.1) is 0 Å². The van der Waals surface area contributed by atoms with E-state index in [-0.39, 0.29) is 0 Å². The Hall–Kier alpha value is -0.980. The first-order valence-corrected chi connectivity index (χ1v) is 5.52. The third kappa shape index (κ3) is 11.0. The van der Waals surface area contributed by atoms with Crippen molar-refractivity contribution in [3.63, 3.8) is 0 Å². The molecule has 82 valence electrons. The van der Waals surface area contributed by atoms with Crippen LogP contribution < -0.4 is 5.73 Å². The van der Waals surface area contributed by atoms with Crippen LogP contribution in [-0.2, 0) is 0 Å². The Labute approximate surface area is 89.3 Å². The molecule has 14 heavy (non-hydrogen) atoms. The molecule has 1 heteroatoms. The monoisotopic (exact) mass is 195 g/mol. The number of rotatable bonds is 1. The van der Waals surface area contributed by atoms with Crippen LogP contribution in [-0.4, -0.2) is 0 Å². The molecule has 0 aliphatic rings. The Balaban J connectivity index is 0. The highest BCUT2D eigenvalue weighted by molar-refractivity contribution is 5.39. The molecule has 0 bridgehead atoms. The lowest BCUT2D eigenvalue weighted by Gasteiger charge is -1.91. The highest BCUT2D eigenvalue weighted by Gasteiger charge is 1.81. The largest absolute Gasteiger partial charge is 0.399 e. The Bertz CT molecular complexity index is 187. The van der Waals surface area contributed by atoms with Crippen LogP contribution in [0.1, 0.15) is 46.1 Å². The fourth-order valence-corrected chi connectivity index (χ4v) is 0.670. The molecule has 1 aromatic rings. The van der Waals surface area contributed by atoms with Crippen molar-refractivity contribution in [1.29, 1.82) is 0 Å². The van der Waals surface area contributed by atoms with Crippen molar-refractivity contribution >= 4 is 5.69 Å². The number of unbranched alkanes of at least 4 members (excludes halogenated alkanes) is 1. The minimum absolute atomic E-state index is 0.838. The molecule has 0 fully saturated rings. The summed E-state index contributed by atoms with van der Waals surface area (Å²) in [6, 6.07) is 7.80. The van der Waals surface area contributed by atoms with Crippen molar-refractivity contribution in [1.82, 2.24) is 0 Å². The maximum absolute atomic E-state index is 5.46. The van der Waals surface area contributed by atoms with E-state index in [0.717, 1.165) is 5.69 Å². The first kappa shape index (κ1) is 15.5. The van der Waals surface area contributed by atoms with Crippen LogP contribution >= 0.6 is 0 Å². The second-order valence-electron chi connectivity index (χ2n) is 2.91. The van der Waals surface area contributed by atoms with Gasteiger partial charge in [0.1, 0.15) is 0 Å². The molecule has 0 radical (unpaired) electrons. The second-order valence-corrected chi connectivity index (χ2v) is 2.91. The zero-order chi connectivity index (χ0) is 11.4. The minimum Gasteiger partial charge on any atom is -0.399 e. The molecule has 0 atom stereocenters. The molecule has 2 N–H and O–H groups in total. The van der Waals surface area contributed by atoms with Crippen molar-refractivity contribution in [2.45, 2.75) is 47.5 Å². The lowest BCUT2D eigenvalue weighted by atomic mass is 10.2. The molecule has 0 aliphatic carbocycles. The highest BCUT2D eigenvalue weighted by atomic mass is 14.5. The highest BCUT2D eigenvalue weighted by Crippen LogP contribution is 2.03. The van der Waals surface area contributed by atoms with Crippen molar-refractivity contribution in [3.8, 4) is 0 Å². The Morgan fingerprint density at radius 2 is 1.57 bits per heavy atom. The molecule has 0 amide bonds. The quantitative estimate of drug-likeness (QED) is 0.660. The Morgan fingerprint density at radius 1 is 1.07 bits per heavy atom. The van der Waals surface area contributed by atoms with Gasteiger partial charge in [-0.15, -0.1) is 0 Å². The predicted molar refractivity (Wildman–Crippen MR) is 67.5 cm³/mol. The lowest BCUT2D eigenvalue weighted by molar-refractivity contribution is 0.886. The average molecular weight is 195 g/mol. The molecule has 0 unspecified atom stereocenters. The number of nitrogen functional groups attached to an aromatic ring is 1. The van der Waals surface area contributed by atoms with Gasteiger partial charge >= 0.3 is 0 Å². The smallest absolute Gasteiger partial charge is 0.0316 e. The van der Waals surface area contributed by atoms with Gasteiger partial charge in [-0.1, -0.05) is 52.7 Å². The predicted octanol–water partition coefficient (Wildman–Crippen LogP) is 4.41. The first-order chi connectivity index (χ1) is 6.70. The topological polar surface area (TPSA) is 26.0 Å². The number of benzene rings is 1. The van der Waals surface area contributed by atoms with Crippen molar-refractivity contribution < 1.29 is 0 Å². The zero-order valence-corrected chi connectivity index (χ0v) is 10.3. The molecule has 0 saturated heterocycles. The number of nitrogens with two attached hydrogens (primary N) is 1. The van der Waals surface area contributed by atoms with Gasteiger partial charge in [-0.25, -0.2) is 0 Å². The number of aryl methyl sites for hydroxylation is 1. The summed E-state index contributed by atoms with van der Waals surface area (Å²) < 4.78 is 0. The van der Waals surface area contributed by atoms with Gasteiger partial charge in [-0.3, -0.25) is 0 Å². The third-order valence-corrected chi connectivity index (χ3v) is 1.54. The number of hydrogen-bond acceptors (Lipinski definition) is 1. The van der Waals surface area contributed by atoms with Crippen LogP contribution in [0.5, 0.6) is 0 Å². The Kier molecular flexibility index (Phi) is 13.3. The average Bonchev–Trinajstić information content (AvgIpc) is 2.21. The molecule has 0 aromatic heterocycles. The van der Waals surface area contributed by atoms with E-state index in [2.05, 4.69) is 13.8 Å². The van der Waals surface area contributed by atoms with Crippen molar-refractivity contribution in [3.05, 3.63) is 29.8 Å². The van der Waals surface area contributed by atoms with Gasteiger partial charge in [0.15, 0.2) is 0 Å². The normalized spacial score (nSPS) is 7.79. The third-order valence-electron chi connectivity index (χ3n) is 1.54.